The van der Waals surface area contributed by atoms with Gasteiger partial charge in [-0.25, -0.2) is 0 Å². The van der Waals surface area contributed by atoms with Gasteiger partial charge in [0.2, 0.25) is 18.2 Å². The SMILES string of the molecule is CSCCC(NC=O)C(=O)NC(CC(C)C)C(=O)NC(CCSC)C(=O)C(C)C. The molecule has 0 aliphatic carbocycles. The van der Waals surface area contributed by atoms with Gasteiger partial charge in [0, 0.05) is 5.92 Å². The van der Waals surface area contributed by atoms with E-state index in [0.717, 1.165) is 5.75 Å². The summed E-state index contributed by atoms with van der Waals surface area (Å²) in [6.07, 6.45) is 5.85. The molecular weight excluding hydrogens is 410 g/mol. The first kappa shape index (κ1) is 27.8. The zero-order valence-corrected chi connectivity index (χ0v) is 20.1. The number of rotatable bonds is 16. The molecule has 0 fully saturated rings. The van der Waals surface area contributed by atoms with Crippen molar-refractivity contribution in [3.05, 3.63) is 0 Å². The molecule has 0 rings (SSSR count). The molecule has 0 saturated heterocycles. The minimum atomic E-state index is -0.760. The highest BCUT2D eigenvalue weighted by Gasteiger charge is 2.29. The first-order valence-corrected chi connectivity index (χ1v) is 12.8. The summed E-state index contributed by atoms with van der Waals surface area (Å²) in [4.78, 5) is 48.9. The van der Waals surface area contributed by atoms with Crippen molar-refractivity contribution < 1.29 is 19.2 Å². The Morgan fingerprint density at radius 2 is 1.31 bits per heavy atom. The van der Waals surface area contributed by atoms with Crippen molar-refractivity contribution in [2.75, 3.05) is 24.0 Å². The molecule has 3 atom stereocenters. The van der Waals surface area contributed by atoms with Crippen molar-refractivity contribution in [1.82, 2.24) is 16.0 Å². The third-order valence-corrected chi connectivity index (χ3v) is 5.66. The van der Waals surface area contributed by atoms with Crippen LogP contribution in [0.15, 0.2) is 0 Å². The minimum absolute atomic E-state index is 0.0116. The topological polar surface area (TPSA) is 104 Å². The van der Waals surface area contributed by atoms with E-state index in [9.17, 15) is 19.2 Å². The van der Waals surface area contributed by atoms with Gasteiger partial charge in [-0.1, -0.05) is 27.7 Å². The number of nitrogens with one attached hydrogen (secondary N) is 3. The summed E-state index contributed by atoms with van der Waals surface area (Å²) in [6, 6.07) is -2.02. The van der Waals surface area contributed by atoms with Crippen molar-refractivity contribution >= 4 is 47.5 Å². The van der Waals surface area contributed by atoms with E-state index in [4.69, 9.17) is 0 Å². The Hall–Kier alpha value is -1.22. The molecule has 0 aromatic carbocycles. The lowest BCUT2D eigenvalue weighted by Crippen LogP contribution is -2.55. The van der Waals surface area contributed by atoms with Crippen LogP contribution in [-0.4, -0.2) is 66.2 Å². The van der Waals surface area contributed by atoms with Gasteiger partial charge in [-0.15, -0.1) is 0 Å². The van der Waals surface area contributed by atoms with Crippen LogP contribution in [0.5, 0.6) is 0 Å². The van der Waals surface area contributed by atoms with E-state index >= 15 is 0 Å². The van der Waals surface area contributed by atoms with Gasteiger partial charge in [-0.2, -0.15) is 23.5 Å². The Bertz CT molecular complexity index is 530. The normalized spacial score (nSPS) is 14.2. The average Bonchev–Trinajstić information content (AvgIpc) is 2.66. The number of hydrogen-bond acceptors (Lipinski definition) is 6. The molecule has 0 aromatic heterocycles. The molecule has 0 radical (unpaired) electrons. The quantitative estimate of drug-likeness (QED) is 0.312. The maximum Gasteiger partial charge on any atom is 0.243 e. The van der Waals surface area contributed by atoms with Gasteiger partial charge in [-0.05, 0) is 49.2 Å². The summed E-state index contributed by atoms with van der Waals surface area (Å²) < 4.78 is 0. The smallest absolute Gasteiger partial charge is 0.243 e. The molecule has 0 bridgehead atoms. The fourth-order valence-corrected chi connectivity index (χ4v) is 3.72. The molecule has 0 spiro atoms. The van der Waals surface area contributed by atoms with Gasteiger partial charge in [-0.3, -0.25) is 19.2 Å². The largest absolute Gasteiger partial charge is 0.347 e. The van der Waals surface area contributed by atoms with Gasteiger partial charge < -0.3 is 16.0 Å². The van der Waals surface area contributed by atoms with Crippen molar-refractivity contribution in [2.24, 2.45) is 11.8 Å². The van der Waals surface area contributed by atoms with Gasteiger partial charge in [0.1, 0.15) is 12.1 Å². The summed E-state index contributed by atoms with van der Waals surface area (Å²) in [5.74, 6) is 0.685. The fourth-order valence-electron chi connectivity index (χ4n) is 2.78. The molecule has 3 N–H and O–H groups in total. The number of carbonyl (C=O) groups excluding carboxylic acids is 4. The van der Waals surface area contributed by atoms with Crippen molar-refractivity contribution in [3.8, 4) is 0 Å². The zero-order chi connectivity index (χ0) is 22.4. The second kappa shape index (κ2) is 15.6. The van der Waals surface area contributed by atoms with Crippen LogP contribution in [0.2, 0.25) is 0 Å². The molecule has 0 aromatic rings. The Balaban J connectivity index is 5.29. The lowest BCUT2D eigenvalue weighted by Gasteiger charge is -2.26. The maximum absolute atomic E-state index is 12.9. The fraction of sp³-hybridized carbons (Fsp3) is 0.800. The van der Waals surface area contributed by atoms with E-state index in [2.05, 4.69) is 16.0 Å². The maximum atomic E-state index is 12.9. The zero-order valence-electron chi connectivity index (χ0n) is 18.4. The van der Waals surface area contributed by atoms with E-state index in [1.165, 1.54) is 0 Å². The summed E-state index contributed by atoms with van der Waals surface area (Å²) in [5, 5.41) is 8.14. The molecule has 0 aliphatic heterocycles. The molecule has 7 nitrogen and oxygen atoms in total. The molecule has 3 amide bonds. The van der Waals surface area contributed by atoms with Gasteiger partial charge in [0.25, 0.3) is 0 Å². The molecule has 9 heteroatoms. The average molecular weight is 448 g/mol. The van der Waals surface area contributed by atoms with Crippen LogP contribution in [0, 0.1) is 11.8 Å². The van der Waals surface area contributed by atoms with Crippen molar-refractivity contribution in [3.63, 3.8) is 0 Å². The Labute approximate surface area is 183 Å². The summed E-state index contributed by atoms with van der Waals surface area (Å²) in [5.41, 5.74) is 0. The predicted octanol–water partition coefficient (Wildman–Crippen LogP) is 1.85. The Morgan fingerprint density at radius 1 is 0.828 bits per heavy atom. The van der Waals surface area contributed by atoms with E-state index in [0.29, 0.717) is 31.4 Å². The number of amides is 3. The van der Waals surface area contributed by atoms with E-state index in [1.807, 2.05) is 40.2 Å². The van der Waals surface area contributed by atoms with Crippen molar-refractivity contribution in [2.45, 2.75) is 65.1 Å². The van der Waals surface area contributed by atoms with Gasteiger partial charge >= 0.3 is 0 Å². The minimum Gasteiger partial charge on any atom is -0.347 e. The lowest BCUT2D eigenvalue weighted by atomic mass is 9.98. The third kappa shape index (κ3) is 11.5. The number of carbonyl (C=O) groups is 4. The highest BCUT2D eigenvalue weighted by molar-refractivity contribution is 7.98. The monoisotopic (exact) mass is 447 g/mol. The number of thioether (sulfide) groups is 2. The van der Waals surface area contributed by atoms with Crippen molar-refractivity contribution in [1.29, 1.82) is 0 Å². The summed E-state index contributed by atoms with van der Waals surface area (Å²) in [7, 11) is 0. The summed E-state index contributed by atoms with van der Waals surface area (Å²) >= 11 is 3.19. The van der Waals surface area contributed by atoms with Crippen LogP contribution in [0.1, 0.15) is 47.0 Å². The van der Waals surface area contributed by atoms with E-state index in [1.54, 1.807) is 23.5 Å². The van der Waals surface area contributed by atoms with Crippen LogP contribution < -0.4 is 16.0 Å². The molecular formula is C20H37N3O4S2. The molecule has 0 saturated carbocycles. The number of Topliss-reactive ketones (excluding diaryl/α,β-unsaturated/α-hetero) is 1. The van der Waals surface area contributed by atoms with Gasteiger partial charge in [0.05, 0.1) is 6.04 Å². The first-order chi connectivity index (χ1) is 13.7. The second-order valence-corrected chi connectivity index (χ2v) is 9.68. The molecule has 29 heavy (non-hydrogen) atoms. The highest BCUT2D eigenvalue weighted by Crippen LogP contribution is 2.11. The molecule has 0 heterocycles. The Morgan fingerprint density at radius 3 is 1.76 bits per heavy atom. The highest BCUT2D eigenvalue weighted by atomic mass is 32.2. The molecule has 0 aliphatic rings. The first-order valence-electron chi connectivity index (χ1n) is 9.99. The van der Waals surface area contributed by atoms with Crippen LogP contribution in [0.3, 0.4) is 0 Å². The Kier molecular flexibility index (Phi) is 14.9. The van der Waals surface area contributed by atoms with Crippen LogP contribution in [-0.2, 0) is 19.2 Å². The van der Waals surface area contributed by atoms with Gasteiger partial charge in [0.15, 0.2) is 5.78 Å². The van der Waals surface area contributed by atoms with Crippen LogP contribution in [0.25, 0.3) is 0 Å². The predicted molar refractivity (Wildman–Crippen MR) is 122 cm³/mol. The number of hydrogen-bond donors (Lipinski definition) is 3. The van der Waals surface area contributed by atoms with Crippen LogP contribution in [0.4, 0.5) is 0 Å². The van der Waals surface area contributed by atoms with Crippen LogP contribution >= 0.6 is 23.5 Å². The molecule has 3 unspecified atom stereocenters. The second-order valence-electron chi connectivity index (χ2n) is 7.71. The number of ketones is 1. The lowest BCUT2D eigenvalue weighted by molar-refractivity contribution is -0.133. The standard InChI is InChI=1S/C20H37N3O4S2/c1-13(2)11-17(23-19(26)16(21-12-24)8-10-29-6)20(27)22-15(7-9-28-5)18(25)14(3)4/h12-17H,7-11H2,1-6H3,(H,21,24)(H,22,27)(H,23,26). The third-order valence-electron chi connectivity index (χ3n) is 4.38. The van der Waals surface area contributed by atoms with E-state index in [-0.39, 0.29) is 29.4 Å². The van der Waals surface area contributed by atoms with E-state index < -0.39 is 18.1 Å². The summed E-state index contributed by atoms with van der Waals surface area (Å²) in [6.45, 7) is 7.56. The molecule has 168 valence electrons.